The van der Waals surface area contributed by atoms with Crippen molar-refractivity contribution in [2.45, 2.75) is 38.8 Å². The van der Waals surface area contributed by atoms with Gasteiger partial charge in [0.05, 0.1) is 25.4 Å². The Morgan fingerprint density at radius 2 is 0.538 bits per heavy atom. The molecule has 0 saturated heterocycles. The second-order valence-electron chi connectivity index (χ2n) is 15.6. The van der Waals surface area contributed by atoms with Crippen molar-refractivity contribution in [3.8, 4) is 22.3 Å². The Morgan fingerprint density at radius 3 is 0.756 bits per heavy atom. The summed E-state index contributed by atoms with van der Waals surface area (Å²) in [5.74, 6) is 2.33. The topological polar surface area (TPSA) is 15.5 Å². The maximum atomic E-state index is 9.87. The number of halogens is 24. The Labute approximate surface area is 464 Å². The molecule has 78 heavy (non-hydrogen) atoms. The average molecular weight is 1390 g/mol. The van der Waals surface area contributed by atoms with Gasteiger partial charge in [-0.1, -0.05) is 47.0 Å². The Morgan fingerprint density at radius 1 is 0.333 bits per heavy atom. The first-order valence-corrected chi connectivity index (χ1v) is 36.5. The number of hydrogen-bond acceptors (Lipinski definition) is 8. The number of thioether (sulfide) groups is 8. The van der Waals surface area contributed by atoms with E-state index in [2.05, 4.69) is 167 Å². The molecule has 452 valence electrons. The van der Waals surface area contributed by atoms with Crippen molar-refractivity contribution in [3.05, 3.63) is 124 Å². The molecule has 0 unspecified atom stereocenters. The molecule has 6 heterocycles. The number of rotatable bonds is 16. The fourth-order valence-corrected chi connectivity index (χ4v) is 16.5. The molecular weight excluding hydrogens is 1350 g/mol. The average Bonchev–Trinajstić information content (AvgIpc) is 3.84. The van der Waals surface area contributed by atoms with Crippen LogP contribution in [0.1, 0.15) is 25.7 Å². The third kappa shape index (κ3) is 45.2. The molecule has 0 spiro atoms. The van der Waals surface area contributed by atoms with Crippen LogP contribution in [0.5, 0.6) is 0 Å². The Bertz CT molecular complexity index is 2480. The van der Waals surface area contributed by atoms with Crippen molar-refractivity contribution in [1.29, 1.82) is 0 Å². The van der Waals surface area contributed by atoms with Crippen LogP contribution in [-0.4, -0.2) is 24.0 Å². The van der Waals surface area contributed by atoms with Gasteiger partial charge in [0.1, 0.15) is 27.2 Å². The summed E-state index contributed by atoms with van der Waals surface area (Å²) >= 11 is 15.9. The van der Waals surface area contributed by atoms with E-state index in [-0.39, 0.29) is 0 Å². The van der Waals surface area contributed by atoms with E-state index in [1.807, 2.05) is 70.6 Å². The molecule has 0 aromatic carbocycles. The van der Waals surface area contributed by atoms with E-state index in [1.54, 1.807) is 0 Å². The normalized spacial score (nSPS) is 18.7. The minimum atomic E-state index is -10.7. The summed E-state index contributed by atoms with van der Waals surface area (Å²) in [6.07, 6.45) is 26.6. The van der Waals surface area contributed by atoms with Crippen molar-refractivity contribution in [3.63, 3.8) is 0 Å². The molecular formula is C38H44F24N4P4S8. The fraction of sp³-hybridized carbons (Fsp3) is 0.316. The molecule has 6 rings (SSSR count). The van der Waals surface area contributed by atoms with E-state index in [4.69, 9.17) is 0 Å². The number of pyridine rings is 4. The molecule has 0 bridgehead atoms. The zero-order valence-corrected chi connectivity index (χ0v) is 49.9. The van der Waals surface area contributed by atoms with Crippen LogP contribution in [0.3, 0.4) is 0 Å². The van der Waals surface area contributed by atoms with Gasteiger partial charge in [-0.25, -0.2) is 18.3 Å². The summed E-state index contributed by atoms with van der Waals surface area (Å²) in [7, 11) is -38.5. The summed E-state index contributed by atoms with van der Waals surface area (Å²) in [6.45, 7) is 2.12. The van der Waals surface area contributed by atoms with Gasteiger partial charge in [-0.05, 0) is 59.1 Å². The first-order valence-electron chi connectivity index (χ1n) is 20.7. The van der Waals surface area contributed by atoms with E-state index < -0.39 is 31.2 Å². The van der Waals surface area contributed by atoms with E-state index >= 15 is 0 Å². The van der Waals surface area contributed by atoms with E-state index in [9.17, 15) is 101 Å². The zero-order valence-electron chi connectivity index (χ0n) is 39.8. The summed E-state index contributed by atoms with van der Waals surface area (Å²) in [6, 6.07) is 17.6. The predicted molar refractivity (Wildman–Crippen MR) is 283 cm³/mol. The van der Waals surface area contributed by atoms with Crippen molar-refractivity contribution < 1.29 is 119 Å². The first kappa shape index (κ1) is 72.8. The van der Waals surface area contributed by atoms with Crippen molar-refractivity contribution in [1.82, 2.24) is 0 Å². The summed E-state index contributed by atoms with van der Waals surface area (Å²) in [5.41, 5.74) is 5.06. The monoisotopic (exact) mass is 1390 g/mol. The van der Waals surface area contributed by atoms with Crippen LogP contribution >= 0.6 is 125 Å². The van der Waals surface area contributed by atoms with Gasteiger partial charge in [0.2, 0.25) is 0 Å². The quantitative estimate of drug-likeness (QED) is 0.0471. The molecule has 0 N–H and O–H groups in total. The molecule has 0 radical (unpaired) electrons. The summed E-state index contributed by atoms with van der Waals surface area (Å²) in [5, 5.41) is 0. The van der Waals surface area contributed by atoms with Crippen molar-refractivity contribution >= 4 is 125 Å². The molecule has 40 heteroatoms. The first-order chi connectivity index (χ1) is 34.3. The SMILES string of the molecule is CSC1=C(SCCCC[n+]2ccc(-c3cc[n+](C)cc3)cc2)S/C(=C2/SC(SC)=C(SCCCC[n+]3ccc(-c4cc[n+](C)cc4)cc3)S2)S1.F[P-](F)(F)(F)(F)F.F[P-](F)(F)(F)(F)F.F[P-](F)(F)(F)(F)F.F[P-](F)(F)(F)(F)F. The number of nitrogens with zero attached hydrogens (tertiary/aromatic N) is 4. The Balaban J connectivity index is 0.000000606. The third-order valence-electron chi connectivity index (χ3n) is 8.11. The maximum absolute atomic E-state index is 10.7. The van der Waals surface area contributed by atoms with Crippen LogP contribution in [0.25, 0.3) is 22.3 Å². The van der Waals surface area contributed by atoms with Gasteiger partial charge >= 0.3 is 132 Å². The minimum absolute atomic E-state index is 1.06. The van der Waals surface area contributed by atoms with Crippen molar-refractivity contribution in [2.75, 3.05) is 24.0 Å². The number of aryl methyl sites for hydroxylation is 4. The van der Waals surface area contributed by atoms with E-state index in [0.717, 1.165) is 13.1 Å². The zero-order chi connectivity index (χ0) is 60.3. The van der Waals surface area contributed by atoms with Gasteiger partial charge in [0.25, 0.3) is 0 Å². The van der Waals surface area contributed by atoms with Crippen LogP contribution in [0.2, 0.25) is 0 Å². The van der Waals surface area contributed by atoms with Gasteiger partial charge in [0.15, 0.2) is 49.6 Å². The number of unbranched alkanes of at least 4 members (excludes halogenated alkanes) is 2. The molecule has 0 aliphatic carbocycles. The molecule has 4 nitrogen and oxygen atoms in total. The van der Waals surface area contributed by atoms with Gasteiger partial charge in [-0.3, -0.25) is 0 Å². The Kier molecular flexibility index (Phi) is 22.4. The molecule has 0 amide bonds. The van der Waals surface area contributed by atoms with Crippen LogP contribution in [-0.2, 0) is 27.2 Å². The number of hydrogen-bond donors (Lipinski definition) is 0. The summed E-state index contributed by atoms with van der Waals surface area (Å²) in [4.78, 5) is 0. The van der Waals surface area contributed by atoms with E-state index in [1.165, 1.54) is 84.9 Å². The summed E-state index contributed by atoms with van der Waals surface area (Å²) < 4.78 is 254. The van der Waals surface area contributed by atoms with E-state index in [0.29, 0.717) is 0 Å². The van der Waals surface area contributed by atoms with Gasteiger partial charge in [-0.15, -0.1) is 47.0 Å². The predicted octanol–water partition coefficient (Wildman–Crippen LogP) is 23.6. The second-order valence-corrected chi connectivity index (χ2v) is 32.8. The van der Waals surface area contributed by atoms with Crippen molar-refractivity contribution in [2.24, 2.45) is 14.1 Å². The third-order valence-corrected chi connectivity index (χ3v) is 19.5. The van der Waals surface area contributed by atoms with Crippen LogP contribution in [0.4, 0.5) is 101 Å². The standard InChI is InChI=1S/C38H44N4S8.4F6P/c1-39-19-9-29(10-20-39)31-13-23-41(24-14-31)17-5-7-27-45-35-33(43-3)47-37(49-35)38-48-34(44-4)36(50-38)46-28-8-6-18-42-25-15-32(16-26-42)30-11-21-40(2)22-12-30;4*1-7(2,3,4,5)6/h9-16,19-26H,5-8,17-18,27-28H2,1-4H3;;;;/q+4;4*-1/b38-37-;;;;. The van der Waals surface area contributed by atoms with Gasteiger partial charge < -0.3 is 0 Å². The molecule has 4 aromatic rings. The van der Waals surface area contributed by atoms with Gasteiger partial charge in [0, 0.05) is 61.4 Å². The van der Waals surface area contributed by atoms with Gasteiger partial charge in [-0.2, -0.15) is 0 Å². The molecule has 2 aliphatic rings. The molecule has 0 fully saturated rings. The number of aromatic nitrogens is 4. The van der Waals surface area contributed by atoms with Crippen LogP contribution < -0.4 is 18.3 Å². The van der Waals surface area contributed by atoms with Crippen LogP contribution in [0, 0.1) is 0 Å². The second kappa shape index (κ2) is 24.0. The molecule has 4 aromatic heterocycles. The molecule has 2 aliphatic heterocycles. The van der Waals surface area contributed by atoms with Crippen LogP contribution in [0.15, 0.2) is 124 Å². The Hall–Kier alpha value is -1.34. The molecule has 0 atom stereocenters. The fourth-order valence-electron chi connectivity index (χ4n) is 5.25. The molecule has 0 saturated carbocycles.